The smallest absolute Gasteiger partial charge is 0.223 e. The van der Waals surface area contributed by atoms with E-state index in [4.69, 9.17) is 4.74 Å². The molecular formula is C25H33N3O2. The van der Waals surface area contributed by atoms with Crippen molar-refractivity contribution >= 4 is 5.91 Å². The zero-order valence-corrected chi connectivity index (χ0v) is 18.2. The van der Waals surface area contributed by atoms with Crippen LogP contribution in [0.25, 0.3) is 0 Å². The van der Waals surface area contributed by atoms with E-state index in [9.17, 15) is 4.79 Å². The van der Waals surface area contributed by atoms with Gasteiger partial charge in [-0.3, -0.25) is 9.69 Å². The Balaban J connectivity index is 1.42. The highest BCUT2D eigenvalue weighted by molar-refractivity contribution is 5.77. The Labute approximate surface area is 180 Å². The van der Waals surface area contributed by atoms with E-state index in [1.165, 1.54) is 11.1 Å². The molecule has 0 aliphatic carbocycles. The van der Waals surface area contributed by atoms with Crippen LogP contribution < -0.4 is 4.74 Å². The first-order chi connectivity index (χ1) is 14.6. The van der Waals surface area contributed by atoms with Crippen LogP contribution in [-0.4, -0.2) is 66.5 Å². The molecule has 0 radical (unpaired) electrons. The van der Waals surface area contributed by atoms with Crippen LogP contribution in [0.5, 0.6) is 5.75 Å². The number of rotatable bonds is 5. The number of amides is 1. The van der Waals surface area contributed by atoms with Crippen LogP contribution in [0.3, 0.4) is 0 Å². The first kappa shape index (κ1) is 20.9. The van der Waals surface area contributed by atoms with E-state index in [2.05, 4.69) is 54.1 Å². The Kier molecular flexibility index (Phi) is 6.70. The summed E-state index contributed by atoms with van der Waals surface area (Å²) in [4.78, 5) is 19.9. The Morgan fingerprint density at radius 1 is 1.03 bits per heavy atom. The molecule has 2 aromatic rings. The summed E-state index contributed by atoms with van der Waals surface area (Å²) in [5.41, 5.74) is 3.63. The number of hydrogen-bond acceptors (Lipinski definition) is 4. The van der Waals surface area contributed by atoms with Gasteiger partial charge in [0.15, 0.2) is 0 Å². The van der Waals surface area contributed by atoms with Crippen molar-refractivity contribution in [1.29, 1.82) is 0 Å². The maximum absolute atomic E-state index is 13.0. The molecule has 2 aliphatic heterocycles. The van der Waals surface area contributed by atoms with Crippen LogP contribution in [0.2, 0.25) is 0 Å². The molecule has 30 heavy (non-hydrogen) atoms. The van der Waals surface area contributed by atoms with Gasteiger partial charge in [-0.2, -0.15) is 0 Å². The maximum atomic E-state index is 13.0. The fourth-order valence-electron chi connectivity index (χ4n) is 4.27. The minimum Gasteiger partial charge on any atom is -0.491 e. The summed E-state index contributed by atoms with van der Waals surface area (Å²) < 4.78 is 6.05. The number of carbonyl (C=O) groups is 1. The third-order valence-electron chi connectivity index (χ3n) is 6.27. The molecule has 4 rings (SSSR count). The quantitative estimate of drug-likeness (QED) is 0.763. The summed E-state index contributed by atoms with van der Waals surface area (Å²) in [6, 6.07) is 16.8. The molecule has 2 aromatic carbocycles. The Hall–Kier alpha value is -2.37. The average Bonchev–Trinajstić information content (AvgIpc) is 2.93. The lowest BCUT2D eigenvalue weighted by atomic mass is 10.1. The van der Waals surface area contributed by atoms with Crippen molar-refractivity contribution in [1.82, 2.24) is 14.7 Å². The number of benzene rings is 2. The lowest BCUT2D eigenvalue weighted by Gasteiger charge is -2.32. The summed E-state index contributed by atoms with van der Waals surface area (Å²) in [7, 11) is 2.18. The SMILES string of the molecule is C[C@H]1COc2ccc(CN3CCN(C)CC3)cc2CN1C(=O)CCc1ccccc1. The van der Waals surface area contributed by atoms with Crippen molar-refractivity contribution < 1.29 is 9.53 Å². The molecule has 0 saturated carbocycles. The number of fused-ring (bicyclic) bond motifs is 1. The normalized spacial score (nSPS) is 20.3. The van der Waals surface area contributed by atoms with Gasteiger partial charge in [0.2, 0.25) is 5.91 Å². The molecule has 1 amide bonds. The molecule has 1 atom stereocenters. The molecule has 0 bridgehead atoms. The van der Waals surface area contributed by atoms with Crippen LogP contribution in [0.4, 0.5) is 0 Å². The number of hydrogen-bond donors (Lipinski definition) is 0. The molecule has 160 valence electrons. The molecule has 0 spiro atoms. The number of ether oxygens (including phenoxy) is 1. The molecule has 1 saturated heterocycles. The summed E-state index contributed by atoms with van der Waals surface area (Å²) in [6.07, 6.45) is 1.31. The molecule has 0 N–H and O–H groups in total. The van der Waals surface area contributed by atoms with Gasteiger partial charge < -0.3 is 14.5 Å². The number of piperazine rings is 1. The van der Waals surface area contributed by atoms with Gasteiger partial charge in [-0.15, -0.1) is 0 Å². The van der Waals surface area contributed by atoms with E-state index in [0.29, 0.717) is 19.6 Å². The van der Waals surface area contributed by atoms with Crippen LogP contribution >= 0.6 is 0 Å². The molecule has 0 aromatic heterocycles. The minimum absolute atomic E-state index is 0.0711. The number of nitrogens with zero attached hydrogens (tertiary/aromatic N) is 3. The molecule has 5 heteroatoms. The van der Waals surface area contributed by atoms with E-state index >= 15 is 0 Å². The Morgan fingerprint density at radius 2 is 1.80 bits per heavy atom. The van der Waals surface area contributed by atoms with Crippen molar-refractivity contribution in [3.63, 3.8) is 0 Å². The topological polar surface area (TPSA) is 36.0 Å². The second-order valence-corrected chi connectivity index (χ2v) is 8.69. The van der Waals surface area contributed by atoms with Gasteiger partial charge in [-0.05, 0) is 43.7 Å². The highest BCUT2D eigenvalue weighted by Gasteiger charge is 2.26. The van der Waals surface area contributed by atoms with E-state index in [0.717, 1.165) is 50.5 Å². The highest BCUT2D eigenvalue weighted by Crippen LogP contribution is 2.27. The van der Waals surface area contributed by atoms with E-state index in [1.807, 2.05) is 23.1 Å². The maximum Gasteiger partial charge on any atom is 0.223 e. The van der Waals surface area contributed by atoms with Gasteiger partial charge in [0.05, 0.1) is 6.04 Å². The molecular weight excluding hydrogens is 374 g/mol. The van der Waals surface area contributed by atoms with Gasteiger partial charge in [0.25, 0.3) is 0 Å². The Morgan fingerprint density at radius 3 is 2.57 bits per heavy atom. The second kappa shape index (κ2) is 9.63. The highest BCUT2D eigenvalue weighted by atomic mass is 16.5. The van der Waals surface area contributed by atoms with Crippen LogP contribution in [0.1, 0.15) is 30.0 Å². The van der Waals surface area contributed by atoms with Crippen LogP contribution in [0.15, 0.2) is 48.5 Å². The minimum atomic E-state index is 0.0711. The molecule has 5 nitrogen and oxygen atoms in total. The molecule has 2 heterocycles. The second-order valence-electron chi connectivity index (χ2n) is 8.69. The third kappa shape index (κ3) is 5.21. The number of likely N-dealkylation sites (N-methyl/N-ethyl adjacent to an activating group) is 1. The molecule has 0 unspecified atom stereocenters. The first-order valence-corrected chi connectivity index (χ1v) is 11.1. The lowest BCUT2D eigenvalue weighted by Crippen LogP contribution is -2.43. The van der Waals surface area contributed by atoms with Crippen molar-refractivity contribution in [2.45, 2.75) is 38.9 Å². The predicted molar refractivity (Wildman–Crippen MR) is 119 cm³/mol. The van der Waals surface area contributed by atoms with E-state index < -0.39 is 0 Å². The fraction of sp³-hybridized carbons (Fsp3) is 0.480. The number of carbonyl (C=O) groups excluding carboxylic acids is 1. The zero-order chi connectivity index (χ0) is 20.9. The van der Waals surface area contributed by atoms with Crippen molar-refractivity contribution in [2.75, 3.05) is 39.8 Å². The van der Waals surface area contributed by atoms with Gasteiger partial charge in [0.1, 0.15) is 12.4 Å². The predicted octanol–water partition coefficient (Wildman–Crippen LogP) is 3.18. The van der Waals surface area contributed by atoms with Gasteiger partial charge >= 0.3 is 0 Å². The summed E-state index contributed by atoms with van der Waals surface area (Å²) in [5, 5.41) is 0. The zero-order valence-electron chi connectivity index (χ0n) is 18.2. The summed E-state index contributed by atoms with van der Waals surface area (Å²) >= 11 is 0. The third-order valence-corrected chi connectivity index (χ3v) is 6.27. The molecule has 2 aliphatic rings. The van der Waals surface area contributed by atoms with Gasteiger partial charge in [0, 0.05) is 51.3 Å². The summed E-state index contributed by atoms with van der Waals surface area (Å²) in [5.74, 6) is 1.12. The van der Waals surface area contributed by atoms with E-state index in [1.54, 1.807) is 0 Å². The average molecular weight is 408 g/mol. The van der Waals surface area contributed by atoms with Crippen LogP contribution in [0, 0.1) is 0 Å². The molecule has 1 fully saturated rings. The number of aryl methyl sites for hydroxylation is 1. The standard InChI is InChI=1S/C25H33N3O2/c1-20-19-30-24-10-8-22(17-27-14-12-26(2)13-15-27)16-23(24)18-28(20)25(29)11-9-21-6-4-3-5-7-21/h3-8,10,16,20H,9,11-15,17-19H2,1-2H3/t20-/m0/s1. The largest absolute Gasteiger partial charge is 0.491 e. The van der Waals surface area contributed by atoms with Gasteiger partial charge in [-0.25, -0.2) is 0 Å². The van der Waals surface area contributed by atoms with Crippen molar-refractivity contribution in [3.8, 4) is 5.75 Å². The first-order valence-electron chi connectivity index (χ1n) is 11.1. The monoisotopic (exact) mass is 407 g/mol. The van der Waals surface area contributed by atoms with Gasteiger partial charge in [-0.1, -0.05) is 36.4 Å². The van der Waals surface area contributed by atoms with Crippen molar-refractivity contribution in [3.05, 3.63) is 65.2 Å². The summed E-state index contributed by atoms with van der Waals surface area (Å²) in [6.45, 7) is 8.65. The van der Waals surface area contributed by atoms with Crippen molar-refractivity contribution in [2.24, 2.45) is 0 Å². The lowest BCUT2D eigenvalue weighted by molar-refractivity contribution is -0.134. The van der Waals surface area contributed by atoms with Crippen LogP contribution in [-0.2, 0) is 24.3 Å². The van der Waals surface area contributed by atoms with E-state index in [-0.39, 0.29) is 11.9 Å². The Bertz CT molecular complexity index is 847. The fourth-order valence-corrected chi connectivity index (χ4v) is 4.27.